The second-order valence-corrected chi connectivity index (χ2v) is 9.15. The number of benzene rings is 2. The highest BCUT2D eigenvalue weighted by Gasteiger charge is 2.36. The lowest BCUT2D eigenvalue weighted by molar-refractivity contribution is -0.0118. The van der Waals surface area contributed by atoms with E-state index in [-0.39, 0.29) is 53.2 Å². The summed E-state index contributed by atoms with van der Waals surface area (Å²) >= 11 is 5.74. The Morgan fingerprint density at radius 1 is 1.29 bits per heavy atom. The van der Waals surface area contributed by atoms with E-state index in [2.05, 4.69) is 15.3 Å². The van der Waals surface area contributed by atoms with E-state index in [1.54, 1.807) is 0 Å². The minimum absolute atomic E-state index is 0.0188. The molecule has 186 valence electrons. The topological polar surface area (TPSA) is 125 Å². The first-order chi connectivity index (χ1) is 16.7. The van der Waals surface area contributed by atoms with E-state index in [0.717, 1.165) is 6.07 Å². The van der Waals surface area contributed by atoms with Gasteiger partial charge < -0.3 is 25.3 Å². The molecule has 2 unspecified atom stereocenters. The number of aromatic amines is 1. The number of carbonyl (C=O) groups is 1. The fourth-order valence-electron chi connectivity index (χ4n) is 4.27. The number of aliphatic hydroxyl groups is 2. The van der Waals surface area contributed by atoms with Gasteiger partial charge in [-0.15, -0.1) is 0 Å². The average Bonchev–Trinajstić information content (AvgIpc) is 3.22. The molecule has 0 spiro atoms. The van der Waals surface area contributed by atoms with Crippen molar-refractivity contribution in [3.8, 4) is 5.75 Å². The van der Waals surface area contributed by atoms with Crippen LogP contribution >= 0.6 is 11.6 Å². The van der Waals surface area contributed by atoms with Gasteiger partial charge in [-0.05, 0) is 61.4 Å². The minimum atomic E-state index is -1.09. The Bertz CT molecular complexity index is 1320. The van der Waals surface area contributed by atoms with Crippen molar-refractivity contribution in [3.05, 3.63) is 68.7 Å². The lowest BCUT2D eigenvalue weighted by atomic mass is 9.99. The number of hydrogen-bond acceptors (Lipinski definition) is 6. The quantitative estimate of drug-likeness (QED) is 0.371. The fourth-order valence-corrected chi connectivity index (χ4v) is 4.48. The molecule has 0 bridgehead atoms. The van der Waals surface area contributed by atoms with E-state index in [1.165, 1.54) is 24.3 Å². The van der Waals surface area contributed by atoms with Crippen LogP contribution in [0.4, 0.5) is 8.78 Å². The summed E-state index contributed by atoms with van der Waals surface area (Å²) in [5, 5.41) is 21.8. The Morgan fingerprint density at radius 2 is 2.06 bits per heavy atom. The molecule has 2 atom stereocenters. The van der Waals surface area contributed by atoms with Gasteiger partial charge in [-0.2, -0.15) is 0 Å². The second-order valence-electron chi connectivity index (χ2n) is 8.74. The largest absolute Gasteiger partial charge is 0.490 e. The Labute approximate surface area is 203 Å². The van der Waals surface area contributed by atoms with Crippen LogP contribution in [0.25, 0.3) is 10.9 Å². The Morgan fingerprint density at radius 3 is 2.77 bits per heavy atom. The molecule has 0 aliphatic heterocycles. The molecule has 35 heavy (non-hydrogen) atoms. The number of hydrogen-bond donors (Lipinski definition) is 4. The maximum Gasteiger partial charge on any atom is 0.287 e. The summed E-state index contributed by atoms with van der Waals surface area (Å²) in [6.45, 7) is -0.189. The van der Waals surface area contributed by atoms with E-state index in [9.17, 15) is 28.6 Å². The monoisotopic (exact) mass is 507 g/mol. The van der Waals surface area contributed by atoms with Crippen molar-refractivity contribution < 1.29 is 28.5 Å². The Hall–Kier alpha value is -3.08. The molecular formula is C24H24ClF2N3O5. The maximum absolute atomic E-state index is 14.5. The molecule has 3 aromatic rings. The van der Waals surface area contributed by atoms with Gasteiger partial charge in [0.1, 0.15) is 11.2 Å². The minimum Gasteiger partial charge on any atom is -0.490 e. The standard InChI is InChI=1S/C24H24ClF2N3O5/c25-15-9-14(1-2-16(15)26)11-28-23(33)21-29-18-4-3-17(27)20(19(18)22(32)30-21)35-8-6-13-5-7-24(34,10-13)12-31/h1-4,9,13,31,34H,5-8,10-12H2,(H,28,33)(H,29,30,32). The van der Waals surface area contributed by atoms with Gasteiger partial charge in [0, 0.05) is 6.54 Å². The number of ether oxygens (including phenoxy) is 1. The summed E-state index contributed by atoms with van der Waals surface area (Å²) in [4.78, 5) is 31.7. The summed E-state index contributed by atoms with van der Waals surface area (Å²) in [6.07, 6.45) is 2.13. The van der Waals surface area contributed by atoms with Crippen LogP contribution in [0.1, 0.15) is 41.9 Å². The number of carbonyl (C=O) groups excluding carboxylic acids is 1. The lowest BCUT2D eigenvalue weighted by Gasteiger charge is -2.19. The van der Waals surface area contributed by atoms with Gasteiger partial charge in [-0.1, -0.05) is 17.7 Å². The summed E-state index contributed by atoms with van der Waals surface area (Å²) in [6, 6.07) is 6.39. The summed E-state index contributed by atoms with van der Waals surface area (Å²) in [5.41, 5.74) is -1.20. The van der Waals surface area contributed by atoms with Gasteiger partial charge in [0.25, 0.3) is 11.5 Å². The number of aliphatic hydroxyl groups excluding tert-OH is 1. The molecule has 1 aliphatic carbocycles. The molecule has 11 heteroatoms. The Balaban J connectivity index is 1.47. The third kappa shape index (κ3) is 5.61. The Kier molecular flexibility index (Phi) is 7.34. The smallest absolute Gasteiger partial charge is 0.287 e. The zero-order chi connectivity index (χ0) is 25.2. The molecule has 8 nitrogen and oxygen atoms in total. The highest BCUT2D eigenvalue weighted by Crippen LogP contribution is 2.36. The number of halogens is 3. The van der Waals surface area contributed by atoms with E-state index in [1.807, 2.05) is 0 Å². The van der Waals surface area contributed by atoms with E-state index < -0.39 is 28.7 Å². The van der Waals surface area contributed by atoms with Crippen molar-refractivity contribution in [1.29, 1.82) is 0 Å². The van der Waals surface area contributed by atoms with Crippen molar-refractivity contribution in [2.24, 2.45) is 5.92 Å². The number of nitrogens with one attached hydrogen (secondary N) is 2. The van der Waals surface area contributed by atoms with Crippen LogP contribution in [-0.4, -0.2) is 44.9 Å². The highest BCUT2D eigenvalue weighted by atomic mass is 35.5. The van der Waals surface area contributed by atoms with Crippen molar-refractivity contribution in [2.75, 3.05) is 13.2 Å². The van der Waals surface area contributed by atoms with E-state index in [0.29, 0.717) is 31.2 Å². The van der Waals surface area contributed by atoms with Crippen LogP contribution in [0.2, 0.25) is 5.02 Å². The first-order valence-electron chi connectivity index (χ1n) is 11.1. The van der Waals surface area contributed by atoms with Crippen LogP contribution in [0.15, 0.2) is 35.1 Å². The van der Waals surface area contributed by atoms with Crippen molar-refractivity contribution >= 4 is 28.4 Å². The number of rotatable bonds is 8. The fraction of sp³-hybridized carbons (Fsp3) is 0.375. The van der Waals surface area contributed by atoms with E-state index in [4.69, 9.17) is 16.3 Å². The summed E-state index contributed by atoms with van der Waals surface area (Å²) in [5.74, 6) is -2.44. The van der Waals surface area contributed by atoms with Gasteiger partial charge in [0.15, 0.2) is 17.4 Å². The van der Waals surface area contributed by atoms with E-state index >= 15 is 0 Å². The maximum atomic E-state index is 14.5. The van der Waals surface area contributed by atoms with Crippen LogP contribution in [-0.2, 0) is 6.54 Å². The molecule has 4 N–H and O–H groups in total. The lowest BCUT2D eigenvalue weighted by Crippen LogP contribution is -2.29. The second kappa shape index (κ2) is 10.3. The molecule has 1 aliphatic rings. The predicted molar refractivity (Wildman–Crippen MR) is 124 cm³/mol. The third-order valence-corrected chi connectivity index (χ3v) is 6.47. The zero-order valence-corrected chi connectivity index (χ0v) is 19.4. The number of nitrogens with zero attached hydrogens (tertiary/aromatic N) is 1. The third-order valence-electron chi connectivity index (χ3n) is 6.18. The zero-order valence-electron chi connectivity index (χ0n) is 18.6. The van der Waals surface area contributed by atoms with Crippen LogP contribution < -0.4 is 15.6 Å². The summed E-state index contributed by atoms with van der Waals surface area (Å²) in [7, 11) is 0. The average molecular weight is 508 g/mol. The molecule has 2 aromatic carbocycles. The molecule has 1 aromatic heterocycles. The van der Waals surface area contributed by atoms with Gasteiger partial charge in [0.05, 0.1) is 29.4 Å². The number of aromatic nitrogens is 2. The van der Waals surface area contributed by atoms with Gasteiger partial charge in [0.2, 0.25) is 0 Å². The molecule has 0 radical (unpaired) electrons. The van der Waals surface area contributed by atoms with Crippen molar-refractivity contribution in [3.63, 3.8) is 0 Å². The number of fused-ring (bicyclic) bond motifs is 1. The molecule has 1 heterocycles. The number of H-pyrrole nitrogens is 1. The van der Waals surface area contributed by atoms with Crippen molar-refractivity contribution in [2.45, 2.75) is 37.8 Å². The summed E-state index contributed by atoms with van der Waals surface area (Å²) < 4.78 is 33.4. The van der Waals surface area contributed by atoms with Crippen LogP contribution in [0.5, 0.6) is 5.75 Å². The first-order valence-corrected chi connectivity index (χ1v) is 11.5. The van der Waals surface area contributed by atoms with Gasteiger partial charge in [-0.3, -0.25) is 9.59 Å². The normalized spacial score (nSPS) is 19.7. The predicted octanol–water partition coefficient (Wildman–Crippen LogP) is 3.08. The van der Waals surface area contributed by atoms with Gasteiger partial charge in [-0.25, -0.2) is 13.8 Å². The first kappa shape index (κ1) is 25.0. The number of amides is 1. The van der Waals surface area contributed by atoms with Crippen LogP contribution in [0.3, 0.4) is 0 Å². The molecule has 1 amide bonds. The van der Waals surface area contributed by atoms with Gasteiger partial charge >= 0.3 is 0 Å². The molecule has 1 saturated carbocycles. The molecule has 0 saturated heterocycles. The SMILES string of the molecule is O=C(NCc1ccc(F)c(Cl)c1)c1nc2ccc(F)c(OCCC3CCC(O)(CO)C3)c2c(=O)[nH]1. The molecular weight excluding hydrogens is 484 g/mol. The molecule has 1 fully saturated rings. The van der Waals surface area contributed by atoms with Crippen molar-refractivity contribution in [1.82, 2.24) is 15.3 Å². The highest BCUT2D eigenvalue weighted by molar-refractivity contribution is 6.30. The van der Waals surface area contributed by atoms with Crippen LogP contribution in [0, 0.1) is 17.6 Å². The molecule has 4 rings (SSSR count).